The van der Waals surface area contributed by atoms with Gasteiger partial charge >= 0.3 is 5.97 Å². The molecule has 0 fully saturated rings. The molecule has 3 unspecified atom stereocenters. The normalized spacial score (nSPS) is 14.2. The van der Waals surface area contributed by atoms with Gasteiger partial charge in [-0.25, -0.2) is 0 Å². The van der Waals surface area contributed by atoms with Crippen molar-refractivity contribution in [1.82, 2.24) is 0 Å². The average Bonchev–Trinajstić information content (AvgIpc) is 2.63. The Morgan fingerprint density at radius 1 is 0.846 bits per heavy atom. The number of hydrogen-bond acceptors (Lipinski definition) is 5. The first-order chi connectivity index (χ1) is 12.4. The number of carbonyl (C=O) groups is 1. The van der Waals surface area contributed by atoms with Crippen LogP contribution in [0.2, 0.25) is 0 Å². The van der Waals surface area contributed by atoms with Crippen LogP contribution in [0.15, 0.2) is 0 Å². The van der Waals surface area contributed by atoms with Crippen LogP contribution in [-0.4, -0.2) is 61.4 Å². The third-order valence-corrected chi connectivity index (χ3v) is 3.88. The molecule has 0 saturated carbocycles. The highest BCUT2D eigenvalue weighted by Gasteiger charge is 2.08. The largest absolute Gasteiger partial charge is 0.481 e. The smallest absolute Gasteiger partial charge is 0.303 e. The van der Waals surface area contributed by atoms with Gasteiger partial charge in [0.25, 0.3) is 0 Å². The van der Waals surface area contributed by atoms with E-state index in [9.17, 15) is 4.79 Å². The number of unbranched alkanes of at least 4 members (excludes halogenated alkanes) is 6. The Balaban J connectivity index is 0. The third kappa shape index (κ3) is 23.3. The summed E-state index contributed by atoms with van der Waals surface area (Å²) in [7, 11) is 1.66. The van der Waals surface area contributed by atoms with Gasteiger partial charge in [-0.2, -0.15) is 0 Å². The fourth-order valence-corrected chi connectivity index (χ4v) is 2.00. The first-order valence-electron chi connectivity index (χ1n) is 9.95. The molecule has 6 nitrogen and oxygen atoms in total. The van der Waals surface area contributed by atoms with Crippen molar-refractivity contribution in [2.24, 2.45) is 0 Å². The van der Waals surface area contributed by atoms with Gasteiger partial charge in [-0.05, 0) is 27.2 Å². The molecular formula is C20H42O6. The number of aliphatic carboxylic acids is 1. The maximum atomic E-state index is 10.1. The number of carboxylic acid groups (broad SMARTS) is 1. The molecule has 0 heterocycles. The quantitative estimate of drug-likeness (QED) is 0.394. The molecule has 0 aromatic rings. The van der Waals surface area contributed by atoms with Crippen molar-refractivity contribution in [3.63, 3.8) is 0 Å². The summed E-state index contributed by atoms with van der Waals surface area (Å²) < 4.78 is 15.8. The summed E-state index contributed by atoms with van der Waals surface area (Å²) in [6, 6.07) is 0. The van der Waals surface area contributed by atoms with E-state index in [1.807, 2.05) is 20.8 Å². The van der Waals surface area contributed by atoms with E-state index in [1.54, 1.807) is 7.11 Å². The SMILES string of the molecule is CCCCCCCCCC(=O)O.COC(C)COC(C)COC(C)CO. The van der Waals surface area contributed by atoms with Gasteiger partial charge in [0.05, 0.1) is 38.1 Å². The Morgan fingerprint density at radius 2 is 1.35 bits per heavy atom. The number of rotatable bonds is 16. The second-order valence-electron chi connectivity index (χ2n) is 6.78. The van der Waals surface area contributed by atoms with Crippen molar-refractivity contribution in [3.8, 4) is 0 Å². The van der Waals surface area contributed by atoms with E-state index in [1.165, 1.54) is 32.1 Å². The molecule has 0 amide bonds. The van der Waals surface area contributed by atoms with Gasteiger partial charge in [-0.15, -0.1) is 0 Å². The van der Waals surface area contributed by atoms with Gasteiger partial charge in [0.15, 0.2) is 0 Å². The fraction of sp³-hybridized carbons (Fsp3) is 0.950. The number of aliphatic hydroxyl groups excluding tert-OH is 1. The minimum Gasteiger partial charge on any atom is -0.481 e. The zero-order chi connectivity index (χ0) is 20.2. The second-order valence-corrected chi connectivity index (χ2v) is 6.78. The summed E-state index contributed by atoms with van der Waals surface area (Å²) in [5.74, 6) is -0.663. The maximum Gasteiger partial charge on any atom is 0.303 e. The lowest BCUT2D eigenvalue weighted by Crippen LogP contribution is -2.25. The molecule has 3 atom stereocenters. The number of ether oxygens (including phenoxy) is 3. The monoisotopic (exact) mass is 378 g/mol. The molecule has 0 rings (SSSR count). The summed E-state index contributed by atoms with van der Waals surface area (Å²) in [4.78, 5) is 10.1. The van der Waals surface area contributed by atoms with E-state index in [0.29, 0.717) is 19.6 Å². The fourth-order valence-electron chi connectivity index (χ4n) is 2.00. The average molecular weight is 379 g/mol. The molecule has 0 aromatic heterocycles. The van der Waals surface area contributed by atoms with Gasteiger partial charge in [0.1, 0.15) is 0 Å². The van der Waals surface area contributed by atoms with Crippen molar-refractivity contribution >= 4 is 5.97 Å². The molecule has 0 aliphatic carbocycles. The lowest BCUT2D eigenvalue weighted by atomic mass is 10.1. The standard InChI is InChI=1S/C10H22O4.C10H20O2/c1-8(5-11)13-7-10(3)14-6-9(2)12-4;1-2-3-4-5-6-7-8-9-10(11)12/h8-11H,5-7H2,1-4H3;2-9H2,1H3,(H,11,12). The molecule has 0 bridgehead atoms. The summed E-state index contributed by atoms with van der Waals surface area (Å²) in [6.45, 7) is 9.01. The van der Waals surface area contributed by atoms with E-state index in [2.05, 4.69) is 6.92 Å². The van der Waals surface area contributed by atoms with Crippen LogP contribution in [0.3, 0.4) is 0 Å². The molecule has 0 aromatic carbocycles. The van der Waals surface area contributed by atoms with E-state index in [-0.39, 0.29) is 24.9 Å². The third-order valence-electron chi connectivity index (χ3n) is 3.88. The number of methoxy groups -OCH3 is 1. The zero-order valence-corrected chi connectivity index (χ0v) is 17.5. The molecular weight excluding hydrogens is 336 g/mol. The number of hydrogen-bond donors (Lipinski definition) is 2. The van der Waals surface area contributed by atoms with Crippen LogP contribution in [0.5, 0.6) is 0 Å². The molecule has 6 heteroatoms. The van der Waals surface area contributed by atoms with Crippen molar-refractivity contribution in [2.45, 2.75) is 97.4 Å². The number of aliphatic hydroxyl groups is 1. The van der Waals surface area contributed by atoms with Crippen LogP contribution in [0.4, 0.5) is 0 Å². The molecule has 0 aliphatic heterocycles. The Kier molecular flexibility index (Phi) is 21.8. The Bertz CT molecular complexity index is 284. The summed E-state index contributed by atoms with van der Waals surface area (Å²) in [5, 5.41) is 17.1. The van der Waals surface area contributed by atoms with Crippen LogP contribution in [0, 0.1) is 0 Å². The second kappa shape index (κ2) is 20.6. The lowest BCUT2D eigenvalue weighted by Gasteiger charge is -2.18. The highest BCUT2D eigenvalue weighted by atomic mass is 16.6. The van der Waals surface area contributed by atoms with Gasteiger partial charge in [0.2, 0.25) is 0 Å². The molecule has 0 radical (unpaired) electrons. The molecule has 0 saturated heterocycles. The van der Waals surface area contributed by atoms with Crippen LogP contribution in [-0.2, 0) is 19.0 Å². The van der Waals surface area contributed by atoms with Crippen LogP contribution >= 0.6 is 0 Å². The minimum atomic E-state index is -0.663. The summed E-state index contributed by atoms with van der Waals surface area (Å²) in [5.41, 5.74) is 0. The highest BCUT2D eigenvalue weighted by Crippen LogP contribution is 2.07. The predicted molar refractivity (Wildman–Crippen MR) is 105 cm³/mol. The molecule has 2 N–H and O–H groups in total. The summed E-state index contributed by atoms with van der Waals surface area (Å²) in [6.07, 6.45) is 8.65. The van der Waals surface area contributed by atoms with E-state index in [0.717, 1.165) is 12.8 Å². The highest BCUT2D eigenvalue weighted by molar-refractivity contribution is 5.66. The van der Waals surface area contributed by atoms with Gasteiger partial charge < -0.3 is 24.4 Å². The zero-order valence-electron chi connectivity index (χ0n) is 17.5. The van der Waals surface area contributed by atoms with E-state index < -0.39 is 5.97 Å². The Hall–Kier alpha value is -0.690. The van der Waals surface area contributed by atoms with Crippen molar-refractivity contribution in [3.05, 3.63) is 0 Å². The Labute approximate surface area is 160 Å². The Morgan fingerprint density at radius 3 is 1.85 bits per heavy atom. The topological polar surface area (TPSA) is 85.2 Å². The lowest BCUT2D eigenvalue weighted by molar-refractivity contribution is -0.137. The van der Waals surface area contributed by atoms with Gasteiger partial charge in [0, 0.05) is 13.5 Å². The molecule has 26 heavy (non-hydrogen) atoms. The predicted octanol–water partition coefficient (Wildman–Crippen LogP) is 4.04. The van der Waals surface area contributed by atoms with Crippen molar-refractivity contribution in [2.75, 3.05) is 26.9 Å². The first kappa shape index (κ1) is 27.5. The molecule has 158 valence electrons. The van der Waals surface area contributed by atoms with Gasteiger partial charge in [-0.1, -0.05) is 45.4 Å². The minimum absolute atomic E-state index is 0.0293. The number of carboxylic acids is 1. The van der Waals surface area contributed by atoms with E-state index in [4.69, 9.17) is 24.4 Å². The van der Waals surface area contributed by atoms with Crippen LogP contribution in [0.25, 0.3) is 0 Å². The van der Waals surface area contributed by atoms with E-state index >= 15 is 0 Å². The molecule has 0 spiro atoms. The maximum absolute atomic E-state index is 10.1. The summed E-state index contributed by atoms with van der Waals surface area (Å²) >= 11 is 0. The van der Waals surface area contributed by atoms with Crippen molar-refractivity contribution < 1.29 is 29.2 Å². The molecule has 0 aliphatic rings. The van der Waals surface area contributed by atoms with Crippen molar-refractivity contribution in [1.29, 1.82) is 0 Å². The van der Waals surface area contributed by atoms with Crippen LogP contribution in [0.1, 0.15) is 79.1 Å². The van der Waals surface area contributed by atoms with Gasteiger partial charge in [-0.3, -0.25) is 4.79 Å². The van der Waals surface area contributed by atoms with Crippen LogP contribution < -0.4 is 0 Å². The first-order valence-corrected chi connectivity index (χ1v) is 9.95.